The van der Waals surface area contributed by atoms with Crippen molar-refractivity contribution in [2.24, 2.45) is 0 Å². The molecule has 2 heterocycles. The SMILES string of the molecule is O=C(Cc1c[nH]c2ccccc12)NNC(=O)c1cncn1-c1ccccc1. The fraction of sp³-hybridized carbons (Fsp3) is 0.0500. The number of carbonyl (C=O) groups excluding carboxylic acids is 2. The number of aromatic amines is 1. The fourth-order valence-corrected chi connectivity index (χ4v) is 2.94. The zero-order valence-electron chi connectivity index (χ0n) is 14.3. The van der Waals surface area contributed by atoms with Crippen LogP contribution in [0, 0.1) is 0 Å². The highest BCUT2D eigenvalue weighted by molar-refractivity contribution is 5.95. The first-order valence-corrected chi connectivity index (χ1v) is 8.44. The Balaban J connectivity index is 1.41. The minimum Gasteiger partial charge on any atom is -0.361 e. The lowest BCUT2D eigenvalue weighted by Gasteiger charge is -2.09. The second-order valence-corrected chi connectivity index (χ2v) is 6.02. The molecule has 0 aliphatic heterocycles. The van der Waals surface area contributed by atoms with Crippen LogP contribution >= 0.6 is 0 Å². The Morgan fingerprint density at radius 1 is 1.00 bits per heavy atom. The van der Waals surface area contributed by atoms with E-state index in [2.05, 4.69) is 20.8 Å². The first-order chi connectivity index (χ1) is 13.2. The highest BCUT2D eigenvalue weighted by Gasteiger charge is 2.14. The minimum atomic E-state index is -0.441. The molecule has 27 heavy (non-hydrogen) atoms. The summed E-state index contributed by atoms with van der Waals surface area (Å²) in [6, 6.07) is 17.1. The van der Waals surface area contributed by atoms with Crippen LogP contribution < -0.4 is 10.9 Å². The second-order valence-electron chi connectivity index (χ2n) is 6.02. The van der Waals surface area contributed by atoms with E-state index in [9.17, 15) is 9.59 Å². The molecule has 0 fully saturated rings. The van der Waals surface area contributed by atoms with Crippen molar-refractivity contribution in [2.75, 3.05) is 0 Å². The molecule has 7 nitrogen and oxygen atoms in total. The third kappa shape index (κ3) is 3.43. The number of para-hydroxylation sites is 2. The van der Waals surface area contributed by atoms with Crippen LogP contribution in [0.5, 0.6) is 0 Å². The van der Waals surface area contributed by atoms with E-state index in [0.29, 0.717) is 5.69 Å². The smallest absolute Gasteiger partial charge is 0.288 e. The summed E-state index contributed by atoms with van der Waals surface area (Å²) in [4.78, 5) is 31.8. The summed E-state index contributed by atoms with van der Waals surface area (Å²) in [5.41, 5.74) is 7.88. The molecule has 4 aromatic rings. The molecular formula is C20H17N5O2. The van der Waals surface area contributed by atoms with Crippen molar-refractivity contribution in [3.05, 3.63) is 84.6 Å². The number of hydrogen-bond donors (Lipinski definition) is 3. The Labute approximate surface area is 155 Å². The van der Waals surface area contributed by atoms with Gasteiger partial charge in [0.05, 0.1) is 18.9 Å². The van der Waals surface area contributed by atoms with Gasteiger partial charge in [-0.05, 0) is 23.8 Å². The molecule has 0 unspecified atom stereocenters. The van der Waals surface area contributed by atoms with Crippen molar-refractivity contribution in [1.82, 2.24) is 25.4 Å². The van der Waals surface area contributed by atoms with Gasteiger partial charge in [0.15, 0.2) is 0 Å². The summed E-state index contributed by atoms with van der Waals surface area (Å²) in [5, 5.41) is 0.987. The number of aromatic nitrogens is 3. The minimum absolute atomic E-state index is 0.155. The fourth-order valence-electron chi connectivity index (χ4n) is 2.94. The van der Waals surface area contributed by atoms with Crippen LogP contribution in [0.15, 0.2) is 73.3 Å². The summed E-state index contributed by atoms with van der Waals surface area (Å²) in [6.07, 6.45) is 4.96. The predicted octanol–water partition coefficient (Wildman–Crippen LogP) is 2.36. The molecule has 4 rings (SSSR count). The van der Waals surface area contributed by atoms with Crippen LogP contribution in [0.4, 0.5) is 0 Å². The molecular weight excluding hydrogens is 342 g/mol. The lowest BCUT2D eigenvalue weighted by Crippen LogP contribution is -2.43. The van der Waals surface area contributed by atoms with E-state index >= 15 is 0 Å². The average Bonchev–Trinajstić information content (AvgIpc) is 3.35. The van der Waals surface area contributed by atoms with E-state index in [1.807, 2.05) is 54.6 Å². The maximum Gasteiger partial charge on any atom is 0.288 e. The molecule has 134 valence electrons. The molecule has 3 N–H and O–H groups in total. The van der Waals surface area contributed by atoms with E-state index in [1.54, 1.807) is 17.1 Å². The first kappa shape index (κ1) is 16.6. The van der Waals surface area contributed by atoms with E-state index in [0.717, 1.165) is 22.2 Å². The van der Waals surface area contributed by atoms with Gasteiger partial charge in [0.2, 0.25) is 5.91 Å². The van der Waals surface area contributed by atoms with Gasteiger partial charge in [-0.2, -0.15) is 0 Å². The van der Waals surface area contributed by atoms with Gasteiger partial charge < -0.3 is 4.98 Å². The number of amides is 2. The Morgan fingerprint density at radius 3 is 2.63 bits per heavy atom. The van der Waals surface area contributed by atoms with Gasteiger partial charge in [0.25, 0.3) is 5.91 Å². The van der Waals surface area contributed by atoms with Crippen LogP contribution in [0.3, 0.4) is 0 Å². The molecule has 7 heteroatoms. The molecule has 0 aliphatic carbocycles. The van der Waals surface area contributed by atoms with Crippen LogP contribution in [-0.4, -0.2) is 26.3 Å². The van der Waals surface area contributed by atoms with Crippen molar-refractivity contribution in [1.29, 1.82) is 0 Å². The number of nitrogens with zero attached hydrogens (tertiary/aromatic N) is 2. The first-order valence-electron chi connectivity index (χ1n) is 8.44. The normalized spacial score (nSPS) is 10.7. The lowest BCUT2D eigenvalue weighted by molar-refractivity contribution is -0.121. The van der Waals surface area contributed by atoms with Crippen LogP contribution in [0.25, 0.3) is 16.6 Å². The molecule has 0 radical (unpaired) electrons. The van der Waals surface area contributed by atoms with Crippen LogP contribution in [-0.2, 0) is 11.2 Å². The molecule has 0 saturated carbocycles. The third-order valence-electron chi connectivity index (χ3n) is 4.25. The van der Waals surface area contributed by atoms with Gasteiger partial charge in [-0.3, -0.25) is 25.0 Å². The Kier molecular flexibility index (Phi) is 4.40. The van der Waals surface area contributed by atoms with Gasteiger partial charge in [0, 0.05) is 22.8 Å². The Bertz CT molecular complexity index is 1100. The van der Waals surface area contributed by atoms with Crippen molar-refractivity contribution < 1.29 is 9.59 Å². The van der Waals surface area contributed by atoms with Gasteiger partial charge in [-0.25, -0.2) is 4.98 Å². The highest BCUT2D eigenvalue weighted by atomic mass is 16.2. The van der Waals surface area contributed by atoms with Gasteiger partial charge in [0.1, 0.15) is 5.69 Å². The number of fused-ring (bicyclic) bond motifs is 1. The van der Waals surface area contributed by atoms with Crippen LogP contribution in [0.1, 0.15) is 16.1 Å². The summed E-state index contributed by atoms with van der Waals surface area (Å²) in [7, 11) is 0. The quantitative estimate of drug-likeness (QED) is 0.489. The molecule has 0 aliphatic rings. The number of imidazole rings is 1. The summed E-state index contributed by atoms with van der Waals surface area (Å²) < 4.78 is 1.65. The van der Waals surface area contributed by atoms with Gasteiger partial charge in [-0.15, -0.1) is 0 Å². The highest BCUT2D eigenvalue weighted by Crippen LogP contribution is 2.17. The summed E-state index contributed by atoms with van der Waals surface area (Å²) >= 11 is 0. The number of benzene rings is 2. The average molecular weight is 359 g/mol. The van der Waals surface area contributed by atoms with Gasteiger partial charge >= 0.3 is 0 Å². The predicted molar refractivity (Wildman–Crippen MR) is 101 cm³/mol. The molecule has 0 atom stereocenters. The maximum absolute atomic E-state index is 12.4. The number of rotatable bonds is 4. The number of H-pyrrole nitrogens is 1. The monoisotopic (exact) mass is 359 g/mol. The topological polar surface area (TPSA) is 91.8 Å². The molecule has 0 bridgehead atoms. The zero-order valence-corrected chi connectivity index (χ0v) is 14.3. The Morgan fingerprint density at radius 2 is 1.78 bits per heavy atom. The van der Waals surface area contributed by atoms with Crippen molar-refractivity contribution in [2.45, 2.75) is 6.42 Å². The molecule has 2 amide bonds. The number of hydrazine groups is 1. The molecule has 2 aromatic heterocycles. The summed E-state index contributed by atoms with van der Waals surface area (Å²) in [5.74, 6) is -0.748. The van der Waals surface area contributed by atoms with Crippen molar-refractivity contribution in [3.63, 3.8) is 0 Å². The maximum atomic E-state index is 12.4. The van der Waals surface area contributed by atoms with Gasteiger partial charge in [-0.1, -0.05) is 36.4 Å². The van der Waals surface area contributed by atoms with Crippen molar-refractivity contribution in [3.8, 4) is 5.69 Å². The Hall–Kier alpha value is -3.87. The second kappa shape index (κ2) is 7.17. The molecule has 0 spiro atoms. The van der Waals surface area contributed by atoms with E-state index in [-0.39, 0.29) is 12.3 Å². The zero-order chi connectivity index (χ0) is 18.6. The number of hydrogen-bond acceptors (Lipinski definition) is 3. The van der Waals surface area contributed by atoms with E-state index in [1.165, 1.54) is 6.20 Å². The van der Waals surface area contributed by atoms with E-state index < -0.39 is 5.91 Å². The largest absolute Gasteiger partial charge is 0.361 e. The number of nitrogens with one attached hydrogen (secondary N) is 3. The molecule has 0 saturated heterocycles. The van der Waals surface area contributed by atoms with Crippen LogP contribution in [0.2, 0.25) is 0 Å². The summed E-state index contributed by atoms with van der Waals surface area (Å²) in [6.45, 7) is 0. The van der Waals surface area contributed by atoms with Crippen molar-refractivity contribution >= 4 is 22.7 Å². The lowest BCUT2D eigenvalue weighted by atomic mass is 10.1. The standard InChI is InChI=1S/C20H17N5O2/c26-19(10-14-11-22-17-9-5-4-8-16(14)17)23-24-20(27)18-12-21-13-25(18)15-6-2-1-3-7-15/h1-9,11-13,22H,10H2,(H,23,26)(H,24,27). The van der Waals surface area contributed by atoms with E-state index in [4.69, 9.17) is 0 Å². The molecule has 2 aromatic carbocycles. The third-order valence-corrected chi connectivity index (χ3v) is 4.25. The number of carbonyl (C=O) groups is 2.